The Morgan fingerprint density at radius 2 is 1.57 bits per heavy atom. The summed E-state index contributed by atoms with van der Waals surface area (Å²) in [5.41, 5.74) is -0.180. The molecule has 4 aliphatic rings. The lowest BCUT2D eigenvalue weighted by atomic mass is 9.43. The molecule has 30 heavy (non-hydrogen) atoms. The van der Waals surface area contributed by atoms with Gasteiger partial charge in [-0.15, -0.1) is 0 Å². The van der Waals surface area contributed by atoms with Crippen LogP contribution in [0.1, 0.15) is 105 Å². The molecule has 4 rings (SSSR count). The minimum Gasteiger partial charge on any atom is -0.393 e. The molecule has 3 N–H and O–H groups in total. The maximum absolute atomic E-state index is 11.6. The van der Waals surface area contributed by atoms with Gasteiger partial charge in [0.15, 0.2) is 0 Å². The molecular weight excluding hydrogens is 372 g/mol. The Kier molecular flexibility index (Phi) is 6.17. The highest BCUT2D eigenvalue weighted by molar-refractivity contribution is 5.13. The molecule has 4 fully saturated rings. The summed E-state index contributed by atoms with van der Waals surface area (Å²) in [6.45, 7) is 11.6. The smallest absolute Gasteiger partial charge is 0.0653 e. The molecular formula is C27H48O3. The second-order valence-electron chi connectivity index (χ2n) is 13.0. The van der Waals surface area contributed by atoms with Crippen LogP contribution in [0.4, 0.5) is 0 Å². The number of hydrogen-bond donors (Lipinski definition) is 3. The van der Waals surface area contributed by atoms with Gasteiger partial charge >= 0.3 is 0 Å². The van der Waals surface area contributed by atoms with Crippen LogP contribution in [0.15, 0.2) is 0 Å². The monoisotopic (exact) mass is 420 g/mol. The van der Waals surface area contributed by atoms with Crippen LogP contribution in [0.2, 0.25) is 0 Å². The summed E-state index contributed by atoms with van der Waals surface area (Å²) < 4.78 is 0. The zero-order valence-corrected chi connectivity index (χ0v) is 20.2. The molecule has 4 aliphatic carbocycles. The topological polar surface area (TPSA) is 60.7 Å². The van der Waals surface area contributed by atoms with Crippen molar-refractivity contribution in [3.05, 3.63) is 0 Å². The SMILES string of the molecule is CC(C)CCC[C@](C)(O)[C@H]1CC[C@H]2[C@@H]3C[C@H](O)[C@H]4C[C@@H](O)CC[C@]4(C)[C@H]3CC[C@@]21C. The van der Waals surface area contributed by atoms with Crippen molar-refractivity contribution in [2.45, 2.75) is 123 Å². The van der Waals surface area contributed by atoms with Gasteiger partial charge in [-0.25, -0.2) is 0 Å². The highest BCUT2D eigenvalue weighted by atomic mass is 16.3. The van der Waals surface area contributed by atoms with Crippen LogP contribution in [0.5, 0.6) is 0 Å². The van der Waals surface area contributed by atoms with E-state index in [0.29, 0.717) is 29.6 Å². The van der Waals surface area contributed by atoms with Crippen LogP contribution >= 0.6 is 0 Å². The maximum Gasteiger partial charge on any atom is 0.0653 e. The van der Waals surface area contributed by atoms with E-state index in [9.17, 15) is 15.3 Å². The molecule has 4 saturated carbocycles. The summed E-state index contributed by atoms with van der Waals surface area (Å²) in [6.07, 6.45) is 11.3. The van der Waals surface area contributed by atoms with E-state index in [-0.39, 0.29) is 29.0 Å². The summed E-state index contributed by atoms with van der Waals surface area (Å²) in [6, 6.07) is 0. The van der Waals surface area contributed by atoms with Crippen LogP contribution in [-0.2, 0) is 0 Å². The Morgan fingerprint density at radius 1 is 0.900 bits per heavy atom. The predicted molar refractivity (Wildman–Crippen MR) is 122 cm³/mol. The van der Waals surface area contributed by atoms with Gasteiger partial charge in [0, 0.05) is 0 Å². The number of hydrogen-bond acceptors (Lipinski definition) is 3. The Labute approximate surface area is 185 Å². The van der Waals surface area contributed by atoms with Crippen LogP contribution in [0.3, 0.4) is 0 Å². The summed E-state index contributed by atoms with van der Waals surface area (Å²) in [4.78, 5) is 0. The quantitative estimate of drug-likeness (QED) is 0.546. The van der Waals surface area contributed by atoms with Crippen molar-refractivity contribution in [2.75, 3.05) is 0 Å². The van der Waals surface area contributed by atoms with Gasteiger partial charge < -0.3 is 15.3 Å². The summed E-state index contributed by atoms with van der Waals surface area (Å²) in [7, 11) is 0. The second-order valence-corrected chi connectivity index (χ2v) is 13.0. The summed E-state index contributed by atoms with van der Waals surface area (Å²) >= 11 is 0. The van der Waals surface area contributed by atoms with E-state index in [1.54, 1.807) is 0 Å². The van der Waals surface area contributed by atoms with Crippen molar-refractivity contribution < 1.29 is 15.3 Å². The highest BCUT2D eigenvalue weighted by Crippen LogP contribution is 2.68. The fourth-order valence-electron chi connectivity index (χ4n) is 9.34. The number of aliphatic hydroxyl groups is 3. The third-order valence-electron chi connectivity index (χ3n) is 10.9. The maximum atomic E-state index is 11.6. The average molecular weight is 421 g/mol. The van der Waals surface area contributed by atoms with Crippen LogP contribution < -0.4 is 0 Å². The lowest BCUT2D eigenvalue weighted by Crippen LogP contribution is -2.59. The molecule has 0 spiro atoms. The summed E-state index contributed by atoms with van der Waals surface area (Å²) in [5.74, 6) is 3.27. The van der Waals surface area contributed by atoms with Gasteiger partial charge in [0.05, 0.1) is 17.8 Å². The van der Waals surface area contributed by atoms with Gasteiger partial charge in [0.2, 0.25) is 0 Å². The molecule has 0 radical (unpaired) electrons. The Hall–Kier alpha value is -0.120. The van der Waals surface area contributed by atoms with E-state index in [1.165, 1.54) is 25.7 Å². The van der Waals surface area contributed by atoms with Gasteiger partial charge in [-0.05, 0) is 111 Å². The minimum absolute atomic E-state index is 0.181. The highest BCUT2D eigenvalue weighted by Gasteiger charge is 2.63. The van der Waals surface area contributed by atoms with Gasteiger partial charge in [0.25, 0.3) is 0 Å². The third kappa shape index (κ3) is 3.69. The number of rotatable bonds is 5. The van der Waals surface area contributed by atoms with Crippen molar-refractivity contribution in [2.24, 2.45) is 46.3 Å². The van der Waals surface area contributed by atoms with Crippen LogP contribution in [0.25, 0.3) is 0 Å². The molecule has 3 nitrogen and oxygen atoms in total. The largest absolute Gasteiger partial charge is 0.393 e. The Bertz CT molecular complexity index is 615. The zero-order chi connectivity index (χ0) is 21.9. The van der Waals surface area contributed by atoms with Gasteiger partial charge in [-0.3, -0.25) is 0 Å². The van der Waals surface area contributed by atoms with E-state index in [2.05, 4.69) is 34.6 Å². The molecule has 174 valence electrons. The van der Waals surface area contributed by atoms with Crippen molar-refractivity contribution in [3.63, 3.8) is 0 Å². The standard InChI is InChI=1S/C27H48O3/c1-17(2)7-6-12-27(5,30)24-9-8-20-19-16-23(29)22-15-18(28)10-13-25(22,3)21(19)11-14-26(20,24)4/h17-24,28-30H,6-16H2,1-5H3/t18-,19-,20-,21-,22+,23-,24-,25+,26-,27-/m0/s1. The molecule has 0 aromatic carbocycles. The molecule has 0 aromatic rings. The molecule has 0 aromatic heterocycles. The lowest BCUT2D eigenvalue weighted by Gasteiger charge is -2.62. The molecule has 3 heteroatoms. The van der Waals surface area contributed by atoms with Crippen molar-refractivity contribution in [1.29, 1.82) is 0 Å². The fraction of sp³-hybridized carbons (Fsp3) is 1.00. The molecule has 0 aliphatic heterocycles. The predicted octanol–water partition coefficient (Wildman–Crippen LogP) is 5.55. The van der Waals surface area contributed by atoms with Gasteiger partial charge in [0.1, 0.15) is 0 Å². The first-order valence-corrected chi connectivity index (χ1v) is 13.1. The van der Waals surface area contributed by atoms with Gasteiger partial charge in [-0.1, -0.05) is 40.5 Å². The molecule has 10 atom stereocenters. The van der Waals surface area contributed by atoms with Crippen LogP contribution in [-0.4, -0.2) is 33.1 Å². The molecule has 0 heterocycles. The fourth-order valence-corrected chi connectivity index (χ4v) is 9.34. The molecule has 0 saturated heterocycles. The first-order valence-electron chi connectivity index (χ1n) is 13.1. The van der Waals surface area contributed by atoms with E-state index in [1.807, 2.05) is 0 Å². The van der Waals surface area contributed by atoms with E-state index in [4.69, 9.17) is 0 Å². The molecule has 0 bridgehead atoms. The van der Waals surface area contributed by atoms with Gasteiger partial charge in [-0.2, -0.15) is 0 Å². The number of aliphatic hydroxyl groups excluding tert-OH is 2. The lowest BCUT2D eigenvalue weighted by molar-refractivity contribution is -0.179. The first-order chi connectivity index (χ1) is 14.0. The zero-order valence-electron chi connectivity index (χ0n) is 20.2. The Balaban J connectivity index is 1.53. The van der Waals surface area contributed by atoms with E-state index >= 15 is 0 Å². The second kappa shape index (κ2) is 8.03. The van der Waals surface area contributed by atoms with E-state index in [0.717, 1.165) is 44.9 Å². The van der Waals surface area contributed by atoms with Crippen LogP contribution in [0, 0.1) is 46.3 Å². The average Bonchev–Trinajstić information content (AvgIpc) is 3.01. The van der Waals surface area contributed by atoms with Crippen molar-refractivity contribution in [3.8, 4) is 0 Å². The Morgan fingerprint density at radius 3 is 2.27 bits per heavy atom. The minimum atomic E-state index is -0.570. The normalized spacial score (nSPS) is 50.5. The van der Waals surface area contributed by atoms with E-state index < -0.39 is 5.60 Å². The first kappa shape index (κ1) is 23.1. The van der Waals surface area contributed by atoms with Crippen molar-refractivity contribution in [1.82, 2.24) is 0 Å². The van der Waals surface area contributed by atoms with Crippen molar-refractivity contribution >= 4 is 0 Å². The summed E-state index contributed by atoms with van der Waals surface area (Å²) in [5, 5.41) is 33.0. The molecule has 0 unspecified atom stereocenters. The number of fused-ring (bicyclic) bond motifs is 5. The molecule has 0 amide bonds. The third-order valence-corrected chi connectivity index (χ3v) is 10.9.